The fraction of sp³-hybridized carbons (Fsp3) is 0.308. The van der Waals surface area contributed by atoms with Crippen molar-refractivity contribution in [1.29, 1.82) is 0 Å². The highest BCUT2D eigenvalue weighted by molar-refractivity contribution is 6.02. The molecule has 0 atom stereocenters. The van der Waals surface area contributed by atoms with Crippen molar-refractivity contribution in [3.8, 4) is 0 Å². The molecule has 9 nitrogen and oxygen atoms in total. The van der Waals surface area contributed by atoms with Gasteiger partial charge in [-0.1, -0.05) is 6.07 Å². The molecule has 0 saturated heterocycles. The standard InChI is InChI=1S/C26H30N4O5/c1-26(2,3)35-25(33)30(18-19-7-4-13-27-17-19)15-6-14-28-23(31)20-9-11-21(12-10-20)29-24(32)22-8-5-16-34-22/h4-5,7-13,16-17H,6,14-15,18H2,1-3H3,(H,28,31)(H,29,32). The van der Waals surface area contributed by atoms with Crippen LogP contribution in [0.1, 0.15) is 53.7 Å². The van der Waals surface area contributed by atoms with E-state index >= 15 is 0 Å². The lowest BCUT2D eigenvalue weighted by molar-refractivity contribution is 0.0232. The minimum Gasteiger partial charge on any atom is -0.459 e. The maximum atomic E-state index is 12.7. The van der Waals surface area contributed by atoms with E-state index in [2.05, 4.69) is 15.6 Å². The quantitative estimate of drug-likeness (QED) is 0.438. The van der Waals surface area contributed by atoms with Gasteiger partial charge in [0, 0.05) is 36.7 Å². The number of nitrogens with one attached hydrogen (secondary N) is 2. The summed E-state index contributed by atoms with van der Waals surface area (Å²) in [6.45, 7) is 6.61. The van der Waals surface area contributed by atoms with Crippen molar-refractivity contribution >= 4 is 23.6 Å². The van der Waals surface area contributed by atoms with Crippen LogP contribution in [-0.2, 0) is 11.3 Å². The third kappa shape index (κ3) is 8.29. The molecule has 0 aliphatic heterocycles. The third-order valence-electron chi connectivity index (χ3n) is 4.79. The van der Waals surface area contributed by atoms with E-state index in [1.807, 2.05) is 32.9 Å². The van der Waals surface area contributed by atoms with Gasteiger partial charge in [0.05, 0.1) is 12.8 Å². The summed E-state index contributed by atoms with van der Waals surface area (Å²) in [5.41, 5.74) is 1.29. The van der Waals surface area contributed by atoms with Crippen molar-refractivity contribution in [2.45, 2.75) is 39.3 Å². The van der Waals surface area contributed by atoms with Crippen LogP contribution in [0.25, 0.3) is 0 Å². The fourth-order valence-electron chi connectivity index (χ4n) is 3.15. The molecule has 0 bridgehead atoms. The molecule has 2 aromatic heterocycles. The normalized spacial score (nSPS) is 10.9. The van der Waals surface area contributed by atoms with Crippen molar-refractivity contribution in [3.05, 3.63) is 84.1 Å². The lowest BCUT2D eigenvalue weighted by Gasteiger charge is -2.27. The monoisotopic (exact) mass is 478 g/mol. The molecule has 0 aliphatic rings. The molecule has 0 spiro atoms. The molecule has 0 fully saturated rings. The van der Waals surface area contributed by atoms with Gasteiger partial charge < -0.3 is 24.7 Å². The smallest absolute Gasteiger partial charge is 0.410 e. The number of rotatable bonds is 9. The third-order valence-corrected chi connectivity index (χ3v) is 4.79. The molecule has 0 saturated carbocycles. The molecular weight excluding hydrogens is 448 g/mol. The molecule has 0 radical (unpaired) electrons. The molecule has 1 aromatic carbocycles. The van der Waals surface area contributed by atoms with Crippen LogP contribution in [-0.4, -0.2) is 46.5 Å². The van der Waals surface area contributed by atoms with Crippen LogP contribution < -0.4 is 10.6 Å². The van der Waals surface area contributed by atoms with Crippen LogP contribution >= 0.6 is 0 Å². The van der Waals surface area contributed by atoms with Crippen LogP contribution in [0.15, 0.2) is 71.6 Å². The second-order valence-corrected chi connectivity index (χ2v) is 8.88. The Balaban J connectivity index is 1.49. The highest BCUT2D eigenvalue weighted by Gasteiger charge is 2.22. The molecule has 184 valence electrons. The lowest BCUT2D eigenvalue weighted by Crippen LogP contribution is -2.38. The summed E-state index contributed by atoms with van der Waals surface area (Å²) in [6, 6.07) is 13.5. The fourth-order valence-corrected chi connectivity index (χ4v) is 3.15. The first-order valence-corrected chi connectivity index (χ1v) is 11.3. The SMILES string of the molecule is CC(C)(C)OC(=O)N(CCCNC(=O)c1ccc(NC(=O)c2ccco2)cc1)Cc1cccnc1. The highest BCUT2D eigenvalue weighted by Crippen LogP contribution is 2.14. The zero-order valence-corrected chi connectivity index (χ0v) is 20.1. The minimum atomic E-state index is -0.609. The Morgan fingerprint density at radius 1 is 1.03 bits per heavy atom. The van der Waals surface area contributed by atoms with E-state index in [1.54, 1.807) is 53.7 Å². The van der Waals surface area contributed by atoms with Crippen LogP contribution in [0, 0.1) is 0 Å². The summed E-state index contributed by atoms with van der Waals surface area (Å²) in [6.07, 6.45) is 4.94. The van der Waals surface area contributed by atoms with Crippen LogP contribution in [0.4, 0.5) is 10.5 Å². The minimum absolute atomic E-state index is 0.204. The van der Waals surface area contributed by atoms with E-state index in [-0.39, 0.29) is 17.6 Å². The average Bonchev–Trinajstić information content (AvgIpc) is 3.36. The Hall–Kier alpha value is -4.14. The van der Waals surface area contributed by atoms with Gasteiger partial charge in [0.2, 0.25) is 0 Å². The Kier molecular flexibility index (Phi) is 8.61. The number of amides is 3. The number of carbonyl (C=O) groups is 3. The summed E-state index contributed by atoms with van der Waals surface area (Å²) in [4.78, 5) is 42.9. The topological polar surface area (TPSA) is 114 Å². The maximum absolute atomic E-state index is 12.7. The molecule has 0 aliphatic carbocycles. The summed E-state index contributed by atoms with van der Waals surface area (Å²) in [5.74, 6) is -0.409. The molecule has 2 heterocycles. The van der Waals surface area contributed by atoms with Gasteiger partial charge in [0.15, 0.2) is 5.76 Å². The molecule has 3 rings (SSSR count). The summed E-state index contributed by atoms with van der Waals surface area (Å²) in [7, 11) is 0. The van der Waals surface area contributed by atoms with Gasteiger partial charge >= 0.3 is 6.09 Å². The number of hydrogen-bond acceptors (Lipinski definition) is 6. The van der Waals surface area contributed by atoms with Gasteiger partial charge in [-0.15, -0.1) is 0 Å². The molecule has 0 unspecified atom stereocenters. The Labute approximate surface area is 204 Å². The Bertz CT molecular complexity index is 1110. The van der Waals surface area contributed by atoms with Crippen LogP contribution in [0.3, 0.4) is 0 Å². The largest absolute Gasteiger partial charge is 0.459 e. The van der Waals surface area contributed by atoms with E-state index < -0.39 is 11.7 Å². The second-order valence-electron chi connectivity index (χ2n) is 8.88. The number of aromatic nitrogens is 1. The average molecular weight is 479 g/mol. The van der Waals surface area contributed by atoms with Crippen molar-refractivity contribution in [2.24, 2.45) is 0 Å². The number of anilines is 1. The number of hydrogen-bond donors (Lipinski definition) is 2. The number of benzene rings is 1. The first-order chi connectivity index (χ1) is 16.7. The van der Waals surface area contributed by atoms with Crippen molar-refractivity contribution < 1.29 is 23.5 Å². The highest BCUT2D eigenvalue weighted by atomic mass is 16.6. The molecule has 2 N–H and O–H groups in total. The van der Waals surface area contributed by atoms with E-state index in [4.69, 9.17) is 9.15 Å². The molecule has 3 aromatic rings. The van der Waals surface area contributed by atoms with E-state index in [1.165, 1.54) is 6.26 Å². The predicted octanol–water partition coefficient (Wildman–Crippen LogP) is 4.48. The number of ether oxygens (including phenoxy) is 1. The van der Waals surface area contributed by atoms with Crippen molar-refractivity contribution in [2.75, 3.05) is 18.4 Å². The zero-order chi connectivity index (χ0) is 25.3. The van der Waals surface area contributed by atoms with E-state index in [0.717, 1.165) is 5.56 Å². The zero-order valence-electron chi connectivity index (χ0n) is 20.1. The van der Waals surface area contributed by atoms with E-state index in [9.17, 15) is 14.4 Å². The predicted molar refractivity (Wildman–Crippen MR) is 131 cm³/mol. The lowest BCUT2D eigenvalue weighted by atomic mass is 10.2. The maximum Gasteiger partial charge on any atom is 0.410 e. The Morgan fingerprint density at radius 2 is 1.80 bits per heavy atom. The van der Waals surface area contributed by atoms with Gasteiger partial charge in [0.25, 0.3) is 11.8 Å². The number of carbonyl (C=O) groups excluding carboxylic acids is 3. The Morgan fingerprint density at radius 3 is 2.43 bits per heavy atom. The van der Waals surface area contributed by atoms with Crippen molar-refractivity contribution in [1.82, 2.24) is 15.2 Å². The summed E-state index contributed by atoms with van der Waals surface area (Å²) < 4.78 is 10.6. The van der Waals surface area contributed by atoms with Gasteiger partial charge in [0.1, 0.15) is 5.60 Å². The van der Waals surface area contributed by atoms with Gasteiger partial charge in [-0.2, -0.15) is 0 Å². The van der Waals surface area contributed by atoms with Crippen LogP contribution in [0.5, 0.6) is 0 Å². The number of nitrogens with zero attached hydrogens (tertiary/aromatic N) is 2. The van der Waals surface area contributed by atoms with Crippen LogP contribution in [0.2, 0.25) is 0 Å². The summed E-state index contributed by atoms with van der Waals surface area (Å²) >= 11 is 0. The molecule has 9 heteroatoms. The van der Waals surface area contributed by atoms with Gasteiger partial charge in [-0.3, -0.25) is 14.6 Å². The van der Waals surface area contributed by atoms with Gasteiger partial charge in [-0.25, -0.2) is 4.79 Å². The molecule has 35 heavy (non-hydrogen) atoms. The second kappa shape index (κ2) is 11.8. The number of furan rings is 1. The first-order valence-electron chi connectivity index (χ1n) is 11.3. The van der Waals surface area contributed by atoms with E-state index in [0.29, 0.717) is 37.3 Å². The van der Waals surface area contributed by atoms with Gasteiger partial charge in [-0.05, 0) is 75.2 Å². The van der Waals surface area contributed by atoms with Crippen molar-refractivity contribution in [3.63, 3.8) is 0 Å². The molecule has 3 amide bonds. The number of pyridine rings is 1. The molecular formula is C26H30N4O5. The summed E-state index contributed by atoms with van der Waals surface area (Å²) in [5, 5.41) is 5.56. The first kappa shape index (κ1) is 25.5.